The van der Waals surface area contributed by atoms with E-state index in [1.165, 1.54) is 0 Å². The third-order valence-electron chi connectivity index (χ3n) is 4.16. The van der Waals surface area contributed by atoms with Gasteiger partial charge in [0.15, 0.2) is 0 Å². The highest BCUT2D eigenvalue weighted by Crippen LogP contribution is 2.30. The van der Waals surface area contributed by atoms with Crippen LogP contribution in [0.4, 0.5) is 4.79 Å². The fourth-order valence-corrected chi connectivity index (χ4v) is 2.82. The van der Waals surface area contributed by atoms with Gasteiger partial charge in [-0.1, -0.05) is 18.9 Å². The number of carboxylic acid groups (broad SMARTS) is 1. The summed E-state index contributed by atoms with van der Waals surface area (Å²) in [5, 5.41) is 12.2. The number of aromatic nitrogens is 1. The minimum absolute atomic E-state index is 0.360. The van der Waals surface area contributed by atoms with Crippen LogP contribution in [-0.4, -0.2) is 52.8 Å². The molecule has 1 heterocycles. The highest BCUT2D eigenvalue weighted by Gasteiger charge is 2.43. The molecule has 7 heteroatoms. The third-order valence-corrected chi connectivity index (χ3v) is 4.16. The van der Waals surface area contributed by atoms with E-state index in [0.29, 0.717) is 32.5 Å². The quantitative estimate of drug-likeness (QED) is 0.796. The number of pyridine rings is 1. The first-order chi connectivity index (χ1) is 11.1. The Balaban J connectivity index is 2.08. The molecule has 23 heavy (non-hydrogen) atoms. The lowest BCUT2D eigenvalue weighted by Gasteiger charge is -2.30. The molecule has 1 aromatic rings. The highest BCUT2D eigenvalue weighted by molar-refractivity contribution is 5.86. The number of nitrogens with zero attached hydrogens (tertiary/aromatic N) is 2. The minimum Gasteiger partial charge on any atom is -0.480 e. The molecule has 126 valence electrons. The predicted octanol–water partition coefficient (Wildman–Crippen LogP) is 1.64. The lowest BCUT2D eigenvalue weighted by molar-refractivity contribution is -0.144. The molecule has 0 aromatic carbocycles. The first kappa shape index (κ1) is 17.2. The normalized spacial score (nSPS) is 16.0. The molecule has 0 atom stereocenters. The number of urea groups is 1. The average molecular weight is 321 g/mol. The zero-order chi connectivity index (χ0) is 16.7. The SMILES string of the molecule is COCCN(Cc1cccnc1)C(=O)NC1(C(=O)O)CCCC1. The van der Waals surface area contributed by atoms with Crippen LogP contribution in [0.1, 0.15) is 31.2 Å². The van der Waals surface area contributed by atoms with E-state index < -0.39 is 11.5 Å². The van der Waals surface area contributed by atoms with Crippen LogP contribution in [0, 0.1) is 0 Å². The van der Waals surface area contributed by atoms with Crippen molar-refractivity contribution in [2.45, 2.75) is 37.8 Å². The number of carbonyl (C=O) groups is 2. The molecule has 1 aromatic heterocycles. The lowest BCUT2D eigenvalue weighted by Crippen LogP contribution is -2.56. The molecule has 0 saturated heterocycles. The van der Waals surface area contributed by atoms with Gasteiger partial charge in [0.25, 0.3) is 0 Å². The van der Waals surface area contributed by atoms with E-state index in [2.05, 4.69) is 10.3 Å². The van der Waals surface area contributed by atoms with Crippen molar-refractivity contribution in [2.24, 2.45) is 0 Å². The molecule has 1 saturated carbocycles. The highest BCUT2D eigenvalue weighted by atomic mass is 16.5. The standard InChI is InChI=1S/C16H23N3O4/c1-23-10-9-19(12-13-5-4-8-17-11-13)15(22)18-16(14(20)21)6-2-3-7-16/h4-5,8,11H,2-3,6-7,9-10,12H2,1H3,(H,18,22)(H,20,21). The van der Waals surface area contributed by atoms with Crippen LogP contribution in [0.25, 0.3) is 0 Å². The molecule has 2 amide bonds. The van der Waals surface area contributed by atoms with Crippen LogP contribution in [0.2, 0.25) is 0 Å². The van der Waals surface area contributed by atoms with Crippen molar-refractivity contribution in [1.82, 2.24) is 15.2 Å². The Labute approximate surface area is 135 Å². The van der Waals surface area contributed by atoms with E-state index in [4.69, 9.17) is 4.74 Å². The summed E-state index contributed by atoms with van der Waals surface area (Å²) in [5.74, 6) is -0.962. The van der Waals surface area contributed by atoms with Gasteiger partial charge in [0.2, 0.25) is 0 Å². The monoisotopic (exact) mass is 321 g/mol. The Morgan fingerprint density at radius 3 is 2.74 bits per heavy atom. The number of hydrogen-bond donors (Lipinski definition) is 2. The number of carboxylic acids is 1. The summed E-state index contributed by atoms with van der Waals surface area (Å²) < 4.78 is 5.05. The summed E-state index contributed by atoms with van der Waals surface area (Å²) in [6.07, 6.45) is 5.93. The zero-order valence-corrected chi connectivity index (χ0v) is 13.3. The smallest absolute Gasteiger partial charge is 0.329 e. The van der Waals surface area contributed by atoms with E-state index in [-0.39, 0.29) is 6.03 Å². The van der Waals surface area contributed by atoms with Gasteiger partial charge in [-0.25, -0.2) is 9.59 Å². The maximum atomic E-state index is 12.6. The summed E-state index contributed by atoms with van der Waals surface area (Å²) >= 11 is 0. The van der Waals surface area contributed by atoms with Crippen LogP contribution < -0.4 is 5.32 Å². The fourth-order valence-electron chi connectivity index (χ4n) is 2.82. The zero-order valence-electron chi connectivity index (χ0n) is 13.3. The molecule has 0 radical (unpaired) electrons. The van der Waals surface area contributed by atoms with Gasteiger partial charge in [-0.15, -0.1) is 0 Å². The third kappa shape index (κ3) is 4.41. The number of carbonyl (C=O) groups excluding carboxylic acids is 1. The van der Waals surface area contributed by atoms with Gasteiger partial charge < -0.3 is 20.1 Å². The predicted molar refractivity (Wildman–Crippen MR) is 83.9 cm³/mol. The number of aliphatic carboxylic acids is 1. The second kappa shape index (κ2) is 7.92. The largest absolute Gasteiger partial charge is 0.480 e. The summed E-state index contributed by atoms with van der Waals surface area (Å²) in [4.78, 5) is 29.8. The van der Waals surface area contributed by atoms with Gasteiger partial charge in [-0.2, -0.15) is 0 Å². The molecule has 7 nitrogen and oxygen atoms in total. The van der Waals surface area contributed by atoms with E-state index in [9.17, 15) is 14.7 Å². The Morgan fingerprint density at radius 1 is 1.43 bits per heavy atom. The molecular weight excluding hydrogens is 298 g/mol. The molecule has 1 aliphatic rings. The number of methoxy groups -OCH3 is 1. The molecule has 0 unspecified atom stereocenters. The lowest BCUT2D eigenvalue weighted by atomic mass is 9.98. The van der Waals surface area contributed by atoms with Crippen LogP contribution in [0.15, 0.2) is 24.5 Å². The molecule has 2 rings (SSSR count). The molecule has 2 N–H and O–H groups in total. The van der Waals surface area contributed by atoms with Crippen molar-refractivity contribution in [1.29, 1.82) is 0 Å². The molecule has 0 aliphatic heterocycles. The van der Waals surface area contributed by atoms with Crippen LogP contribution in [0.5, 0.6) is 0 Å². The Morgan fingerprint density at radius 2 is 2.17 bits per heavy atom. The molecule has 1 aliphatic carbocycles. The van der Waals surface area contributed by atoms with Crippen LogP contribution in [0.3, 0.4) is 0 Å². The second-order valence-corrected chi connectivity index (χ2v) is 5.80. The van der Waals surface area contributed by atoms with Gasteiger partial charge in [-0.05, 0) is 24.5 Å². The summed E-state index contributed by atoms with van der Waals surface area (Å²) in [6.45, 7) is 1.12. The summed E-state index contributed by atoms with van der Waals surface area (Å²) in [6, 6.07) is 3.30. The molecule has 1 fully saturated rings. The van der Waals surface area contributed by atoms with Crippen molar-refractivity contribution < 1.29 is 19.4 Å². The minimum atomic E-state index is -1.14. The van der Waals surface area contributed by atoms with Gasteiger partial charge in [-0.3, -0.25) is 4.98 Å². The van der Waals surface area contributed by atoms with Crippen molar-refractivity contribution in [3.63, 3.8) is 0 Å². The Kier molecular flexibility index (Phi) is 5.92. The Bertz CT molecular complexity index is 529. The number of ether oxygens (including phenoxy) is 1. The number of hydrogen-bond acceptors (Lipinski definition) is 4. The van der Waals surface area contributed by atoms with Crippen molar-refractivity contribution in [2.75, 3.05) is 20.3 Å². The molecular formula is C16H23N3O4. The molecule has 0 spiro atoms. The first-order valence-corrected chi connectivity index (χ1v) is 7.76. The first-order valence-electron chi connectivity index (χ1n) is 7.76. The van der Waals surface area contributed by atoms with Gasteiger partial charge in [0, 0.05) is 32.6 Å². The van der Waals surface area contributed by atoms with Crippen LogP contribution in [-0.2, 0) is 16.1 Å². The maximum absolute atomic E-state index is 12.6. The number of rotatable bonds is 7. The van der Waals surface area contributed by atoms with E-state index in [1.807, 2.05) is 6.07 Å². The van der Waals surface area contributed by atoms with Gasteiger partial charge in [0.05, 0.1) is 6.61 Å². The topological polar surface area (TPSA) is 91.8 Å². The maximum Gasteiger partial charge on any atom is 0.329 e. The molecule has 0 bridgehead atoms. The summed E-state index contributed by atoms with van der Waals surface area (Å²) in [7, 11) is 1.57. The number of nitrogens with one attached hydrogen (secondary N) is 1. The summed E-state index contributed by atoms with van der Waals surface area (Å²) in [5.41, 5.74) is -0.258. The van der Waals surface area contributed by atoms with Crippen molar-refractivity contribution in [3.05, 3.63) is 30.1 Å². The van der Waals surface area contributed by atoms with Crippen molar-refractivity contribution >= 4 is 12.0 Å². The van der Waals surface area contributed by atoms with E-state index in [0.717, 1.165) is 18.4 Å². The fraction of sp³-hybridized carbons (Fsp3) is 0.562. The van der Waals surface area contributed by atoms with Crippen LogP contribution >= 0.6 is 0 Å². The van der Waals surface area contributed by atoms with Gasteiger partial charge >= 0.3 is 12.0 Å². The van der Waals surface area contributed by atoms with Crippen molar-refractivity contribution in [3.8, 4) is 0 Å². The van der Waals surface area contributed by atoms with Gasteiger partial charge in [0.1, 0.15) is 5.54 Å². The average Bonchev–Trinajstić information content (AvgIpc) is 3.02. The second-order valence-electron chi connectivity index (χ2n) is 5.80. The van der Waals surface area contributed by atoms with E-state index in [1.54, 1.807) is 30.5 Å². The van der Waals surface area contributed by atoms with E-state index >= 15 is 0 Å². The Hall–Kier alpha value is -2.15. The number of amides is 2.